The molecule has 2 aliphatic heterocycles. The van der Waals surface area contributed by atoms with Gasteiger partial charge in [-0.25, -0.2) is 0 Å². The number of nitrogens with one attached hydrogen (secondary N) is 1. The average molecular weight is 487 g/mol. The number of nitrogens with two attached hydrogens (primary N) is 1. The number of para-hydroxylation sites is 1. The molecule has 182 valence electrons. The normalized spacial score (nSPS) is 17.8. The minimum atomic E-state index is -1.74. The number of rotatable bonds is 5. The van der Waals surface area contributed by atoms with Crippen molar-refractivity contribution in [1.82, 2.24) is 10.2 Å². The number of H-pyrrole nitrogens is 1. The molecule has 0 saturated heterocycles. The molecule has 1 unspecified atom stereocenters. The van der Waals surface area contributed by atoms with Gasteiger partial charge in [0.15, 0.2) is 0 Å². The number of nitrogens with zero attached hydrogens (tertiary/aromatic N) is 3. The Balaban J connectivity index is 1.87. The van der Waals surface area contributed by atoms with E-state index >= 15 is 0 Å². The van der Waals surface area contributed by atoms with Crippen molar-refractivity contribution >= 4 is 17.6 Å². The Labute approximate surface area is 205 Å². The molecule has 1 spiro atoms. The third kappa shape index (κ3) is 2.94. The molecular weight excluding hydrogens is 466 g/mol. The molecule has 0 radical (unpaired) electrons. The van der Waals surface area contributed by atoms with Crippen molar-refractivity contribution in [1.29, 1.82) is 5.26 Å². The molecule has 3 heterocycles. The number of esters is 1. The van der Waals surface area contributed by atoms with E-state index in [9.17, 15) is 14.9 Å². The maximum Gasteiger partial charge on any atom is 0.325 e. The first-order valence-electron chi connectivity index (χ1n) is 10.8. The number of fused-ring (bicyclic) bond motifs is 4. The summed E-state index contributed by atoms with van der Waals surface area (Å²) in [4.78, 5) is 27.9. The number of aromatic amines is 1. The van der Waals surface area contributed by atoms with Crippen molar-refractivity contribution in [2.24, 2.45) is 5.73 Å². The Morgan fingerprint density at radius 1 is 1.22 bits per heavy atom. The number of carbonyl (C=O) groups excluding carboxylic acids is 2. The number of aromatic nitrogens is 2. The van der Waals surface area contributed by atoms with E-state index in [1.54, 1.807) is 42.5 Å². The van der Waals surface area contributed by atoms with Crippen LogP contribution in [0.4, 0.5) is 5.69 Å². The molecule has 2 aliphatic rings. The zero-order valence-electron chi connectivity index (χ0n) is 19.6. The number of hydrogen-bond donors (Lipinski definition) is 2. The van der Waals surface area contributed by atoms with Crippen LogP contribution in [0.3, 0.4) is 0 Å². The summed E-state index contributed by atoms with van der Waals surface area (Å²) in [6, 6.07) is 14.1. The zero-order valence-corrected chi connectivity index (χ0v) is 19.6. The summed E-state index contributed by atoms with van der Waals surface area (Å²) in [5, 5.41) is 17.5. The van der Waals surface area contributed by atoms with Crippen molar-refractivity contribution < 1.29 is 28.5 Å². The first-order chi connectivity index (χ1) is 17.4. The second-order valence-electron chi connectivity index (χ2n) is 8.03. The standard InChI is InChI=1S/C25H21N5O6/c1-33-13-8-9-18(34-2)14(10-13)21-20-23(29-28-21)36-22(27)16(11-26)25(20)15-6-4-5-7-17(15)30(24(25)32)12-19(31)35-3/h4-10H,12,27H2,1-3H3,(H,28,29). The van der Waals surface area contributed by atoms with Gasteiger partial charge >= 0.3 is 5.97 Å². The van der Waals surface area contributed by atoms with Gasteiger partial charge < -0.3 is 24.7 Å². The summed E-state index contributed by atoms with van der Waals surface area (Å²) in [5.74, 6) is -0.440. The average Bonchev–Trinajstić information content (AvgIpc) is 3.42. The van der Waals surface area contributed by atoms with Crippen LogP contribution in [0.15, 0.2) is 53.9 Å². The molecule has 11 nitrogen and oxygen atoms in total. The summed E-state index contributed by atoms with van der Waals surface area (Å²) in [6.45, 7) is -0.363. The number of anilines is 1. The topological polar surface area (TPSA) is 153 Å². The number of ether oxygens (including phenoxy) is 4. The number of nitriles is 1. The summed E-state index contributed by atoms with van der Waals surface area (Å²) in [5.41, 5.74) is 6.35. The SMILES string of the molecule is COC(=O)CN1C(=O)C2(C(C#N)=C(N)Oc3n[nH]c(-c4cc(OC)ccc4OC)c32)c2ccccc21. The van der Waals surface area contributed by atoms with Crippen LogP contribution in [0.2, 0.25) is 0 Å². The van der Waals surface area contributed by atoms with Crippen LogP contribution >= 0.6 is 0 Å². The maximum atomic E-state index is 14.4. The van der Waals surface area contributed by atoms with E-state index in [1.165, 1.54) is 26.2 Å². The third-order valence-corrected chi connectivity index (χ3v) is 6.40. The summed E-state index contributed by atoms with van der Waals surface area (Å²) in [7, 11) is 4.27. The molecule has 11 heteroatoms. The largest absolute Gasteiger partial charge is 0.497 e. The highest BCUT2D eigenvalue weighted by atomic mass is 16.5. The van der Waals surface area contributed by atoms with Crippen LogP contribution in [-0.2, 0) is 19.7 Å². The predicted octanol–water partition coefficient (Wildman–Crippen LogP) is 1.99. The maximum absolute atomic E-state index is 14.4. The fraction of sp³-hybridized carbons (Fsp3) is 0.200. The van der Waals surface area contributed by atoms with Gasteiger partial charge in [-0.05, 0) is 24.3 Å². The summed E-state index contributed by atoms with van der Waals surface area (Å²) in [6.07, 6.45) is 0. The van der Waals surface area contributed by atoms with Crippen molar-refractivity contribution in [3.8, 4) is 34.7 Å². The number of carbonyl (C=O) groups is 2. The van der Waals surface area contributed by atoms with E-state index in [2.05, 4.69) is 16.3 Å². The quantitative estimate of drug-likeness (QED) is 0.514. The van der Waals surface area contributed by atoms with Crippen LogP contribution in [0, 0.1) is 11.3 Å². The molecule has 0 aliphatic carbocycles. The minimum absolute atomic E-state index is 0.0226. The van der Waals surface area contributed by atoms with Gasteiger partial charge in [-0.2, -0.15) is 5.26 Å². The van der Waals surface area contributed by atoms with Crippen molar-refractivity contribution in [3.63, 3.8) is 0 Å². The monoisotopic (exact) mass is 487 g/mol. The minimum Gasteiger partial charge on any atom is -0.497 e. The molecule has 3 N–H and O–H groups in total. The van der Waals surface area contributed by atoms with Gasteiger partial charge in [0.1, 0.15) is 35.1 Å². The van der Waals surface area contributed by atoms with Gasteiger partial charge in [0.2, 0.25) is 17.7 Å². The van der Waals surface area contributed by atoms with Crippen molar-refractivity contribution in [2.75, 3.05) is 32.8 Å². The van der Waals surface area contributed by atoms with Crippen LogP contribution in [0.25, 0.3) is 11.3 Å². The highest BCUT2D eigenvalue weighted by molar-refractivity contribution is 6.16. The first kappa shape index (κ1) is 22.8. The lowest BCUT2D eigenvalue weighted by atomic mass is 9.68. The third-order valence-electron chi connectivity index (χ3n) is 6.40. The van der Waals surface area contributed by atoms with Crippen molar-refractivity contribution in [2.45, 2.75) is 5.41 Å². The van der Waals surface area contributed by atoms with Crippen molar-refractivity contribution in [3.05, 3.63) is 65.0 Å². The summed E-state index contributed by atoms with van der Waals surface area (Å²) < 4.78 is 21.5. The van der Waals surface area contributed by atoms with Gasteiger partial charge in [0.25, 0.3) is 0 Å². The predicted molar refractivity (Wildman–Crippen MR) is 126 cm³/mol. The molecule has 1 atom stereocenters. The lowest BCUT2D eigenvalue weighted by Crippen LogP contribution is -2.47. The van der Waals surface area contributed by atoms with E-state index in [0.29, 0.717) is 34.0 Å². The Morgan fingerprint density at radius 2 is 2.00 bits per heavy atom. The number of hydrogen-bond acceptors (Lipinski definition) is 9. The van der Waals surface area contributed by atoms with Crippen LogP contribution in [-0.4, -0.2) is 49.9 Å². The molecule has 2 aromatic carbocycles. The number of amides is 1. The second kappa shape index (κ2) is 8.35. The van der Waals surface area contributed by atoms with E-state index < -0.39 is 17.3 Å². The lowest BCUT2D eigenvalue weighted by molar-refractivity contribution is -0.140. The van der Waals surface area contributed by atoms with E-state index in [1.807, 2.05) is 0 Å². The fourth-order valence-corrected chi connectivity index (χ4v) is 4.84. The fourth-order valence-electron chi connectivity index (χ4n) is 4.84. The van der Waals surface area contributed by atoms with E-state index in [0.717, 1.165) is 0 Å². The molecule has 36 heavy (non-hydrogen) atoms. The molecule has 0 bridgehead atoms. The van der Waals surface area contributed by atoms with Crippen LogP contribution in [0.5, 0.6) is 17.4 Å². The molecule has 1 amide bonds. The Morgan fingerprint density at radius 3 is 2.69 bits per heavy atom. The smallest absolute Gasteiger partial charge is 0.325 e. The van der Waals surface area contributed by atoms with E-state index in [4.69, 9.17) is 24.7 Å². The zero-order chi connectivity index (χ0) is 25.6. The van der Waals surface area contributed by atoms with Crippen LogP contribution < -0.4 is 24.8 Å². The first-order valence-corrected chi connectivity index (χ1v) is 10.8. The van der Waals surface area contributed by atoms with Gasteiger partial charge in [-0.15, -0.1) is 5.10 Å². The van der Waals surface area contributed by atoms with Crippen LogP contribution in [0.1, 0.15) is 11.1 Å². The lowest BCUT2D eigenvalue weighted by Gasteiger charge is -2.32. The Kier molecular flexibility index (Phi) is 5.29. The van der Waals surface area contributed by atoms with Gasteiger partial charge in [-0.3, -0.25) is 19.6 Å². The highest BCUT2D eigenvalue weighted by Gasteiger charge is 2.61. The molecule has 0 saturated carbocycles. The second-order valence-corrected chi connectivity index (χ2v) is 8.03. The number of methoxy groups -OCH3 is 3. The van der Waals surface area contributed by atoms with Gasteiger partial charge in [-0.1, -0.05) is 18.2 Å². The van der Waals surface area contributed by atoms with Gasteiger partial charge in [0.05, 0.1) is 32.6 Å². The van der Waals surface area contributed by atoms with E-state index in [-0.39, 0.29) is 29.4 Å². The molecular formula is C25H21N5O6. The number of benzene rings is 2. The highest BCUT2D eigenvalue weighted by Crippen LogP contribution is 2.57. The molecule has 3 aromatic rings. The van der Waals surface area contributed by atoms with Gasteiger partial charge in [0, 0.05) is 16.8 Å². The molecule has 0 fully saturated rings. The Bertz CT molecular complexity index is 1490. The summed E-state index contributed by atoms with van der Waals surface area (Å²) >= 11 is 0. The molecule has 1 aromatic heterocycles. The Hall–Kier alpha value is -4.98. The molecule has 5 rings (SSSR count).